The van der Waals surface area contributed by atoms with E-state index in [-0.39, 0.29) is 6.17 Å². The van der Waals surface area contributed by atoms with Crippen molar-refractivity contribution in [1.82, 2.24) is 0 Å². The number of quaternary nitrogens is 1. The number of rotatable bonds is 7. The highest BCUT2D eigenvalue weighted by Crippen LogP contribution is 2.12. The van der Waals surface area contributed by atoms with Crippen molar-refractivity contribution in [2.75, 3.05) is 19.6 Å². The number of hydrogen-bond acceptors (Lipinski definition) is 1. The molecule has 0 aliphatic heterocycles. The lowest BCUT2D eigenvalue weighted by Gasteiger charge is -2.40. The van der Waals surface area contributed by atoms with Crippen LogP contribution in [0.4, 0.5) is 0 Å². The van der Waals surface area contributed by atoms with E-state index in [9.17, 15) is 0 Å². The monoisotopic (exact) mass is 187 g/mol. The van der Waals surface area contributed by atoms with Crippen molar-refractivity contribution >= 4 is 0 Å². The third-order valence-corrected chi connectivity index (χ3v) is 3.33. The van der Waals surface area contributed by atoms with Crippen molar-refractivity contribution in [3.05, 3.63) is 0 Å². The zero-order valence-electron chi connectivity index (χ0n) is 9.84. The van der Waals surface area contributed by atoms with Gasteiger partial charge in [-0.05, 0) is 26.7 Å². The van der Waals surface area contributed by atoms with Crippen LogP contribution in [-0.4, -0.2) is 30.3 Å². The van der Waals surface area contributed by atoms with E-state index >= 15 is 0 Å². The molecule has 0 heterocycles. The minimum atomic E-state index is 0.284. The highest BCUT2D eigenvalue weighted by atomic mass is 15.4. The second-order valence-electron chi connectivity index (χ2n) is 4.02. The molecular weight excluding hydrogens is 160 g/mol. The Kier molecular flexibility index (Phi) is 6.35. The average Bonchev–Trinajstić information content (AvgIpc) is 2.13. The first kappa shape index (κ1) is 12.9. The molecule has 0 aromatic carbocycles. The van der Waals surface area contributed by atoms with Crippen LogP contribution in [0.5, 0.6) is 0 Å². The van der Waals surface area contributed by atoms with E-state index in [2.05, 4.69) is 27.7 Å². The van der Waals surface area contributed by atoms with E-state index in [1.807, 2.05) is 0 Å². The molecule has 0 aromatic rings. The molecule has 2 heteroatoms. The summed E-state index contributed by atoms with van der Waals surface area (Å²) in [5, 5.41) is 0. The predicted octanol–water partition coefficient (Wildman–Crippen LogP) is 2.34. The summed E-state index contributed by atoms with van der Waals surface area (Å²) in [6.07, 6.45) is 4.24. The van der Waals surface area contributed by atoms with Gasteiger partial charge in [0.2, 0.25) is 0 Å². The quantitative estimate of drug-likeness (QED) is 0.369. The lowest BCUT2D eigenvalue weighted by Crippen LogP contribution is -2.58. The van der Waals surface area contributed by atoms with Crippen LogP contribution in [0.15, 0.2) is 0 Å². The zero-order chi connectivity index (χ0) is 10.3. The summed E-state index contributed by atoms with van der Waals surface area (Å²) in [6, 6.07) is 0. The summed E-state index contributed by atoms with van der Waals surface area (Å²) in [7, 11) is 0. The Labute approximate surface area is 83.7 Å². The van der Waals surface area contributed by atoms with Gasteiger partial charge in [0.15, 0.2) is 0 Å². The summed E-state index contributed by atoms with van der Waals surface area (Å²) in [4.78, 5) is 0. The molecule has 2 nitrogen and oxygen atoms in total. The fourth-order valence-electron chi connectivity index (χ4n) is 2.00. The van der Waals surface area contributed by atoms with Crippen LogP contribution < -0.4 is 5.73 Å². The molecule has 0 spiro atoms. The maximum atomic E-state index is 6.05. The molecule has 80 valence electrons. The third-order valence-electron chi connectivity index (χ3n) is 3.33. The van der Waals surface area contributed by atoms with Crippen molar-refractivity contribution in [1.29, 1.82) is 0 Å². The highest BCUT2D eigenvalue weighted by molar-refractivity contribution is 4.46. The van der Waals surface area contributed by atoms with E-state index < -0.39 is 0 Å². The van der Waals surface area contributed by atoms with E-state index in [1.54, 1.807) is 0 Å². The molecule has 2 N–H and O–H groups in total. The number of nitrogens with zero attached hydrogens (tertiary/aromatic N) is 1. The predicted molar refractivity (Wildman–Crippen MR) is 59.4 cm³/mol. The number of nitrogens with two attached hydrogens (primary N) is 1. The molecule has 13 heavy (non-hydrogen) atoms. The Hall–Kier alpha value is -0.0800. The van der Waals surface area contributed by atoms with Crippen molar-refractivity contribution in [3.63, 3.8) is 0 Å². The molecular formula is C11H27N2+. The standard InChI is InChI=1S/C11H27N2/c1-5-8-9-10-13(6-2,7-3)11(4)12/h11H,5-10,12H2,1-4H3/q+1. The first-order valence-corrected chi connectivity index (χ1v) is 5.74. The molecule has 0 fully saturated rings. The van der Waals surface area contributed by atoms with Gasteiger partial charge in [-0.15, -0.1) is 0 Å². The fraction of sp³-hybridized carbons (Fsp3) is 1.00. The first-order chi connectivity index (χ1) is 6.13. The van der Waals surface area contributed by atoms with Crippen molar-refractivity contribution in [2.45, 2.75) is 53.1 Å². The molecule has 0 saturated heterocycles. The van der Waals surface area contributed by atoms with Gasteiger partial charge in [-0.3, -0.25) is 5.73 Å². The summed E-state index contributed by atoms with van der Waals surface area (Å²) in [5.74, 6) is 0. The van der Waals surface area contributed by atoms with Crippen LogP contribution in [0.3, 0.4) is 0 Å². The molecule has 0 rings (SSSR count). The van der Waals surface area contributed by atoms with Gasteiger partial charge in [0, 0.05) is 6.92 Å². The summed E-state index contributed by atoms with van der Waals surface area (Å²) in [5.41, 5.74) is 6.05. The molecule has 0 aliphatic rings. The van der Waals surface area contributed by atoms with Gasteiger partial charge in [-0.25, -0.2) is 0 Å². The second-order valence-corrected chi connectivity index (χ2v) is 4.02. The molecule has 0 saturated carbocycles. The largest absolute Gasteiger partial charge is 0.310 e. The Balaban J connectivity index is 4.06. The van der Waals surface area contributed by atoms with E-state index in [0.717, 1.165) is 17.6 Å². The molecule has 0 bridgehead atoms. The summed E-state index contributed by atoms with van der Waals surface area (Å²) in [6.45, 7) is 12.5. The summed E-state index contributed by atoms with van der Waals surface area (Å²) >= 11 is 0. The Morgan fingerprint density at radius 2 is 1.62 bits per heavy atom. The molecule has 0 amide bonds. The van der Waals surface area contributed by atoms with Crippen molar-refractivity contribution < 1.29 is 4.48 Å². The normalized spacial score (nSPS) is 14.5. The molecule has 1 unspecified atom stereocenters. The highest BCUT2D eigenvalue weighted by Gasteiger charge is 2.26. The van der Waals surface area contributed by atoms with Crippen LogP contribution in [-0.2, 0) is 0 Å². The van der Waals surface area contributed by atoms with Crippen LogP contribution in [0.25, 0.3) is 0 Å². The zero-order valence-corrected chi connectivity index (χ0v) is 9.84. The van der Waals surface area contributed by atoms with Crippen molar-refractivity contribution in [2.24, 2.45) is 5.73 Å². The lowest BCUT2D eigenvalue weighted by atomic mass is 10.2. The molecule has 0 aliphatic carbocycles. The van der Waals surface area contributed by atoms with Crippen molar-refractivity contribution in [3.8, 4) is 0 Å². The number of unbranched alkanes of at least 4 members (excludes halogenated alkanes) is 2. The van der Waals surface area contributed by atoms with Crippen LogP contribution in [0.2, 0.25) is 0 Å². The fourth-order valence-corrected chi connectivity index (χ4v) is 2.00. The third kappa shape index (κ3) is 3.65. The smallest absolute Gasteiger partial charge is 0.137 e. The first-order valence-electron chi connectivity index (χ1n) is 5.74. The van der Waals surface area contributed by atoms with Gasteiger partial charge < -0.3 is 4.48 Å². The average molecular weight is 187 g/mol. The van der Waals surface area contributed by atoms with E-state index in [1.165, 1.54) is 25.8 Å². The van der Waals surface area contributed by atoms with E-state index in [4.69, 9.17) is 5.73 Å². The number of hydrogen-bond donors (Lipinski definition) is 1. The van der Waals surface area contributed by atoms with Gasteiger partial charge in [-0.1, -0.05) is 13.3 Å². The molecule has 0 aromatic heterocycles. The van der Waals surface area contributed by atoms with Gasteiger partial charge in [0.05, 0.1) is 19.6 Å². The second kappa shape index (κ2) is 6.39. The maximum absolute atomic E-state index is 6.05. The molecule has 0 radical (unpaired) electrons. The van der Waals surface area contributed by atoms with Crippen LogP contribution in [0, 0.1) is 0 Å². The Morgan fingerprint density at radius 3 is 1.92 bits per heavy atom. The van der Waals surface area contributed by atoms with Gasteiger partial charge in [-0.2, -0.15) is 0 Å². The SMILES string of the molecule is CCCCC[N+](CC)(CC)C(C)N. The lowest BCUT2D eigenvalue weighted by molar-refractivity contribution is -0.946. The van der Waals surface area contributed by atoms with Crippen LogP contribution in [0.1, 0.15) is 47.0 Å². The Morgan fingerprint density at radius 1 is 1.08 bits per heavy atom. The maximum Gasteiger partial charge on any atom is 0.137 e. The topological polar surface area (TPSA) is 26.0 Å². The van der Waals surface area contributed by atoms with E-state index in [0.29, 0.717) is 0 Å². The van der Waals surface area contributed by atoms with Gasteiger partial charge in [0.1, 0.15) is 6.17 Å². The minimum Gasteiger partial charge on any atom is -0.310 e. The van der Waals surface area contributed by atoms with Crippen LogP contribution >= 0.6 is 0 Å². The van der Waals surface area contributed by atoms with Gasteiger partial charge >= 0.3 is 0 Å². The van der Waals surface area contributed by atoms with Gasteiger partial charge in [0.25, 0.3) is 0 Å². The minimum absolute atomic E-state index is 0.284. The summed E-state index contributed by atoms with van der Waals surface area (Å²) < 4.78 is 1.08. The Bertz CT molecular complexity index is 117. The molecule has 1 atom stereocenters.